The van der Waals surface area contributed by atoms with Crippen molar-refractivity contribution in [2.24, 2.45) is 0 Å². The van der Waals surface area contributed by atoms with Gasteiger partial charge in [-0.25, -0.2) is 0 Å². The first-order valence-electron chi connectivity index (χ1n) is 15.1. The van der Waals surface area contributed by atoms with E-state index in [4.69, 9.17) is 66.3 Å². The number of methoxy groups -OCH3 is 14. The third-order valence-corrected chi connectivity index (χ3v) is 8.73. The average Bonchev–Trinajstić information content (AvgIpc) is 3.15. The Morgan fingerprint density at radius 1 is 0.140 bits per heavy atom. The van der Waals surface area contributed by atoms with Gasteiger partial charge in [-0.1, -0.05) is 0 Å². The Hall–Kier alpha value is -5.66. The molecule has 0 unspecified atom stereocenters. The highest BCUT2D eigenvalue weighted by Crippen LogP contribution is 2.66. The van der Waals surface area contributed by atoms with Crippen LogP contribution >= 0.6 is 0 Å². The molecule has 270 valence electrons. The predicted molar refractivity (Wildman–Crippen MR) is 188 cm³/mol. The predicted octanol–water partition coefficient (Wildman–Crippen LogP) is 6.42. The van der Waals surface area contributed by atoms with Crippen LogP contribution in [0.3, 0.4) is 0 Å². The zero-order chi connectivity index (χ0) is 36.6. The lowest BCUT2D eigenvalue weighted by atomic mass is 9.90. The molecule has 0 heterocycles. The van der Waals surface area contributed by atoms with Crippen LogP contribution in [0, 0.1) is 0 Å². The van der Waals surface area contributed by atoms with Crippen LogP contribution in [0.1, 0.15) is 0 Å². The Bertz CT molecular complexity index is 1830. The Balaban J connectivity index is 2.36. The van der Waals surface area contributed by atoms with Crippen LogP contribution in [0.15, 0.2) is 0 Å². The molecular formula is C36H42O14. The molecule has 0 N–H and O–H groups in total. The molecule has 0 aliphatic rings. The monoisotopic (exact) mass is 698 g/mol. The third kappa shape index (κ3) is 4.53. The van der Waals surface area contributed by atoms with Gasteiger partial charge >= 0.3 is 0 Å². The summed E-state index contributed by atoms with van der Waals surface area (Å²) in [4.78, 5) is 0. The summed E-state index contributed by atoms with van der Waals surface area (Å²) >= 11 is 0. The van der Waals surface area contributed by atoms with Gasteiger partial charge in [0, 0.05) is 0 Å². The fourth-order valence-corrected chi connectivity index (χ4v) is 7.00. The molecule has 5 rings (SSSR count). The van der Waals surface area contributed by atoms with Gasteiger partial charge in [0.05, 0.1) is 143 Å². The van der Waals surface area contributed by atoms with E-state index < -0.39 is 0 Å². The van der Waals surface area contributed by atoms with E-state index in [1.54, 1.807) is 0 Å². The van der Waals surface area contributed by atoms with Gasteiger partial charge in [-0.05, 0) is 0 Å². The minimum atomic E-state index is 0.272. The van der Waals surface area contributed by atoms with Crippen LogP contribution in [-0.4, -0.2) is 99.5 Å². The smallest absolute Gasteiger partial charge is 0.208 e. The minimum Gasteiger partial charge on any atom is -0.495 e. The van der Waals surface area contributed by atoms with Crippen LogP contribution < -0.4 is 66.3 Å². The molecule has 0 aliphatic heterocycles. The SMILES string of the molecule is COc1c(OC)c(OC)c2c(OC)c3c(OC)c4c(OC)c5c(OC)c(OC)c(OC)c(OC)c5c(OC)c4c(OC)c3c(OC)c2c1OC. The van der Waals surface area contributed by atoms with E-state index in [1.807, 2.05) is 0 Å². The number of fused-ring (bicyclic) bond motifs is 4. The molecule has 5 aromatic carbocycles. The highest BCUT2D eigenvalue weighted by molar-refractivity contribution is 6.30. The van der Waals surface area contributed by atoms with Gasteiger partial charge in [0.25, 0.3) is 0 Å². The number of hydrogen-bond donors (Lipinski definition) is 0. The second-order valence-corrected chi connectivity index (χ2v) is 10.5. The van der Waals surface area contributed by atoms with Crippen LogP contribution in [-0.2, 0) is 0 Å². The van der Waals surface area contributed by atoms with Crippen molar-refractivity contribution in [1.82, 2.24) is 0 Å². The van der Waals surface area contributed by atoms with Gasteiger partial charge < -0.3 is 66.3 Å². The summed E-state index contributed by atoms with van der Waals surface area (Å²) in [5.74, 6) is 4.19. The fraction of sp³-hybridized carbons (Fsp3) is 0.389. The highest BCUT2D eigenvalue weighted by Gasteiger charge is 2.38. The zero-order valence-electron chi connectivity index (χ0n) is 30.7. The molecule has 0 atom stereocenters. The largest absolute Gasteiger partial charge is 0.495 e. The Labute approximate surface area is 289 Å². The van der Waals surface area contributed by atoms with Crippen molar-refractivity contribution in [3.05, 3.63) is 0 Å². The molecule has 0 saturated carbocycles. The van der Waals surface area contributed by atoms with Gasteiger partial charge in [0.15, 0.2) is 23.0 Å². The Morgan fingerprint density at radius 3 is 0.340 bits per heavy atom. The molecule has 0 bridgehead atoms. The third-order valence-electron chi connectivity index (χ3n) is 8.73. The summed E-state index contributed by atoms with van der Waals surface area (Å²) in [5, 5.41) is 3.59. The summed E-state index contributed by atoms with van der Waals surface area (Å²) in [6.07, 6.45) is 0. The fourth-order valence-electron chi connectivity index (χ4n) is 7.00. The van der Waals surface area contributed by atoms with Crippen LogP contribution in [0.25, 0.3) is 43.1 Å². The van der Waals surface area contributed by atoms with Crippen molar-refractivity contribution in [1.29, 1.82) is 0 Å². The normalized spacial score (nSPS) is 11.0. The van der Waals surface area contributed by atoms with E-state index >= 15 is 0 Å². The molecule has 0 aliphatic carbocycles. The summed E-state index contributed by atoms with van der Waals surface area (Å²) < 4.78 is 84.6. The van der Waals surface area contributed by atoms with E-state index in [-0.39, 0.29) is 23.0 Å². The summed E-state index contributed by atoms with van der Waals surface area (Å²) in [5.41, 5.74) is 0. The molecule has 0 amide bonds. The maximum absolute atomic E-state index is 6.30. The van der Waals surface area contributed by atoms with Gasteiger partial charge in [0.1, 0.15) is 34.5 Å². The molecular weight excluding hydrogens is 656 g/mol. The number of rotatable bonds is 14. The Morgan fingerprint density at radius 2 is 0.240 bits per heavy atom. The molecule has 0 saturated heterocycles. The number of hydrogen-bond acceptors (Lipinski definition) is 14. The standard InChI is InChI=1S/C36H42O14/c1-37-23-15-17(27(41-5)21-19(25(15)39-3)29(43-7)33(47-11)35(49-13)31(21)45-9)24(38-2)18-16(23)26(40-4)20-22(28(18)42-6)32(46-10)36(50-14)34(48-12)30(20)44-8/h1-14H3. The quantitative estimate of drug-likeness (QED) is 0.118. The first-order valence-corrected chi connectivity index (χ1v) is 15.1. The van der Waals surface area contributed by atoms with E-state index in [2.05, 4.69) is 0 Å². The maximum atomic E-state index is 6.30. The van der Waals surface area contributed by atoms with E-state index in [1.165, 1.54) is 99.5 Å². The summed E-state index contributed by atoms with van der Waals surface area (Å²) in [7, 11) is 21.2. The molecule has 14 heteroatoms. The lowest BCUT2D eigenvalue weighted by Gasteiger charge is -2.27. The first kappa shape index (κ1) is 35.6. The highest BCUT2D eigenvalue weighted by atomic mass is 16.6. The van der Waals surface area contributed by atoms with Gasteiger partial charge in [-0.15, -0.1) is 0 Å². The van der Waals surface area contributed by atoms with Crippen LogP contribution in [0.2, 0.25) is 0 Å². The van der Waals surface area contributed by atoms with Gasteiger partial charge in [0.2, 0.25) is 23.0 Å². The summed E-state index contributed by atoms with van der Waals surface area (Å²) in [6, 6.07) is 0. The summed E-state index contributed by atoms with van der Waals surface area (Å²) in [6.45, 7) is 0. The maximum Gasteiger partial charge on any atom is 0.208 e. The Kier molecular flexibility index (Phi) is 10.0. The van der Waals surface area contributed by atoms with Crippen molar-refractivity contribution < 1.29 is 66.3 Å². The minimum absolute atomic E-state index is 0.272. The van der Waals surface area contributed by atoms with E-state index in [0.29, 0.717) is 101 Å². The second-order valence-electron chi connectivity index (χ2n) is 10.5. The number of ether oxygens (including phenoxy) is 14. The zero-order valence-corrected chi connectivity index (χ0v) is 30.7. The van der Waals surface area contributed by atoms with E-state index in [0.717, 1.165) is 0 Å². The topological polar surface area (TPSA) is 129 Å². The number of benzene rings is 5. The van der Waals surface area contributed by atoms with Crippen molar-refractivity contribution in [3.63, 3.8) is 0 Å². The molecule has 50 heavy (non-hydrogen) atoms. The van der Waals surface area contributed by atoms with Gasteiger partial charge in [-0.2, -0.15) is 0 Å². The van der Waals surface area contributed by atoms with E-state index in [9.17, 15) is 0 Å². The molecule has 0 radical (unpaired) electrons. The molecule has 0 aromatic heterocycles. The molecule has 14 nitrogen and oxygen atoms in total. The van der Waals surface area contributed by atoms with Crippen molar-refractivity contribution in [2.75, 3.05) is 99.5 Å². The molecule has 0 spiro atoms. The van der Waals surface area contributed by atoms with Crippen molar-refractivity contribution in [3.8, 4) is 80.5 Å². The van der Waals surface area contributed by atoms with Crippen LogP contribution in [0.5, 0.6) is 80.5 Å². The lowest BCUT2D eigenvalue weighted by Crippen LogP contribution is -2.06. The lowest BCUT2D eigenvalue weighted by molar-refractivity contribution is 0.308. The van der Waals surface area contributed by atoms with Crippen molar-refractivity contribution in [2.45, 2.75) is 0 Å². The van der Waals surface area contributed by atoms with Crippen LogP contribution in [0.4, 0.5) is 0 Å². The molecule has 0 fully saturated rings. The van der Waals surface area contributed by atoms with Crippen molar-refractivity contribution >= 4 is 43.1 Å². The van der Waals surface area contributed by atoms with Gasteiger partial charge in [-0.3, -0.25) is 0 Å². The second kappa shape index (κ2) is 14.1. The average molecular weight is 699 g/mol. The molecule has 5 aromatic rings. The first-order chi connectivity index (χ1) is 24.3.